The second-order valence-corrected chi connectivity index (χ2v) is 12.5. The van der Waals surface area contributed by atoms with Crippen LogP contribution in [-0.2, 0) is 12.7 Å². The first-order chi connectivity index (χ1) is 18.9. The van der Waals surface area contributed by atoms with Crippen molar-refractivity contribution in [1.29, 1.82) is 0 Å². The summed E-state index contributed by atoms with van der Waals surface area (Å²) in [6.07, 6.45) is 0.829. The number of amides is 1. The van der Waals surface area contributed by atoms with E-state index >= 15 is 8.78 Å². The van der Waals surface area contributed by atoms with Crippen molar-refractivity contribution < 1.29 is 31.5 Å². The summed E-state index contributed by atoms with van der Waals surface area (Å²) in [6, 6.07) is 6.06. The van der Waals surface area contributed by atoms with E-state index < -0.39 is 23.2 Å². The normalized spacial score (nSPS) is 22.1. The molecule has 0 radical (unpaired) electrons. The van der Waals surface area contributed by atoms with Gasteiger partial charge in [0.05, 0.1) is 11.1 Å². The Morgan fingerprint density at radius 1 is 1.02 bits per heavy atom. The van der Waals surface area contributed by atoms with E-state index in [4.69, 9.17) is 16.3 Å². The fraction of sp³-hybridized carbons (Fsp3) is 0.567. The van der Waals surface area contributed by atoms with E-state index in [9.17, 15) is 18.0 Å². The Balaban J connectivity index is 1.09. The van der Waals surface area contributed by atoms with Gasteiger partial charge >= 0.3 is 6.18 Å². The highest BCUT2D eigenvalue weighted by atomic mass is 35.5. The van der Waals surface area contributed by atoms with Crippen LogP contribution in [0.25, 0.3) is 0 Å². The van der Waals surface area contributed by atoms with Gasteiger partial charge in [0.2, 0.25) is 0 Å². The van der Waals surface area contributed by atoms with E-state index in [-0.39, 0.29) is 59.6 Å². The van der Waals surface area contributed by atoms with Crippen molar-refractivity contribution in [3.05, 3.63) is 63.4 Å². The standard InChI is InChI=1S/C30H32ClF5N2O2/c31-24-4-3-21(30(34,35)36)13-20(24)16-37-10-8-29(33,9-11-37)18-40-26-15-25(32)23(14-22(26)19-1-2-19)27(39)38-12-7-28(17-38)5-6-28/h3-4,13-15,19H,1-2,5-12,16-18H2. The average molecular weight is 583 g/mol. The molecule has 10 heteroatoms. The molecule has 4 fully saturated rings. The molecule has 0 aromatic heterocycles. The molecule has 2 saturated heterocycles. The van der Waals surface area contributed by atoms with E-state index in [0.29, 0.717) is 31.7 Å². The summed E-state index contributed by atoms with van der Waals surface area (Å²) in [5, 5.41) is 0.238. The zero-order valence-corrected chi connectivity index (χ0v) is 22.9. The predicted molar refractivity (Wildman–Crippen MR) is 141 cm³/mol. The average Bonchev–Trinajstić information content (AvgIpc) is 3.83. The fourth-order valence-electron chi connectivity index (χ4n) is 6.01. The van der Waals surface area contributed by atoms with Crippen molar-refractivity contribution in [1.82, 2.24) is 9.80 Å². The van der Waals surface area contributed by atoms with Gasteiger partial charge in [0.1, 0.15) is 23.8 Å². The summed E-state index contributed by atoms with van der Waals surface area (Å²) in [5.41, 5.74) is -1.02. The van der Waals surface area contributed by atoms with Gasteiger partial charge in [0.15, 0.2) is 0 Å². The van der Waals surface area contributed by atoms with Gasteiger partial charge in [-0.25, -0.2) is 8.78 Å². The second-order valence-electron chi connectivity index (χ2n) is 12.1. The summed E-state index contributed by atoms with van der Waals surface area (Å²) < 4.78 is 76.1. The Morgan fingerprint density at radius 2 is 1.75 bits per heavy atom. The third kappa shape index (κ3) is 5.82. The molecule has 0 N–H and O–H groups in total. The van der Waals surface area contributed by atoms with Gasteiger partial charge in [-0.3, -0.25) is 9.69 Å². The van der Waals surface area contributed by atoms with Crippen molar-refractivity contribution in [3.63, 3.8) is 0 Å². The Bertz CT molecular complexity index is 1300. The van der Waals surface area contributed by atoms with E-state index in [1.54, 1.807) is 11.0 Å². The van der Waals surface area contributed by atoms with Crippen LogP contribution < -0.4 is 4.74 Å². The Kier molecular flexibility index (Phi) is 7.05. The minimum Gasteiger partial charge on any atom is -0.490 e. The Hall–Kier alpha value is -2.39. The number of piperidine rings is 1. The molecule has 216 valence electrons. The zero-order chi connectivity index (χ0) is 28.3. The molecule has 4 aliphatic rings. The van der Waals surface area contributed by atoms with Crippen molar-refractivity contribution in [2.24, 2.45) is 5.41 Å². The number of rotatable bonds is 7. The zero-order valence-electron chi connectivity index (χ0n) is 22.1. The van der Waals surface area contributed by atoms with Crippen LogP contribution in [0.15, 0.2) is 30.3 Å². The molecule has 6 rings (SSSR count). The number of alkyl halides is 4. The number of benzene rings is 2. The number of ether oxygens (including phenoxy) is 1. The first kappa shape index (κ1) is 27.8. The van der Waals surface area contributed by atoms with Crippen LogP contribution >= 0.6 is 11.6 Å². The molecular weight excluding hydrogens is 551 g/mol. The minimum absolute atomic E-state index is 0.0588. The lowest BCUT2D eigenvalue weighted by molar-refractivity contribution is -0.137. The molecule has 2 aliphatic heterocycles. The van der Waals surface area contributed by atoms with Crippen LogP contribution in [-0.4, -0.2) is 54.2 Å². The Morgan fingerprint density at radius 3 is 2.38 bits per heavy atom. The highest BCUT2D eigenvalue weighted by Gasteiger charge is 2.49. The maximum atomic E-state index is 15.7. The van der Waals surface area contributed by atoms with Crippen molar-refractivity contribution in [2.75, 3.05) is 32.8 Å². The molecule has 2 aromatic rings. The smallest absolute Gasteiger partial charge is 0.416 e. The van der Waals surface area contributed by atoms with Gasteiger partial charge < -0.3 is 9.64 Å². The molecule has 2 saturated carbocycles. The fourth-order valence-corrected chi connectivity index (χ4v) is 6.19. The SMILES string of the molecule is O=C(c1cc(C2CC2)c(OCC2(F)CCN(Cc3cc(C(F)(F)F)ccc3Cl)CC2)cc1F)N1CCC2(CC2)C1. The molecule has 2 heterocycles. The van der Waals surface area contributed by atoms with Crippen LogP contribution in [0.5, 0.6) is 5.75 Å². The molecule has 4 nitrogen and oxygen atoms in total. The molecule has 1 spiro atoms. The lowest BCUT2D eigenvalue weighted by Crippen LogP contribution is -2.44. The van der Waals surface area contributed by atoms with Crippen LogP contribution in [0.1, 0.15) is 77.9 Å². The Labute approximate surface area is 235 Å². The molecular formula is C30H32ClF5N2O2. The van der Waals surface area contributed by atoms with E-state index in [2.05, 4.69) is 0 Å². The number of likely N-dealkylation sites (tertiary alicyclic amines) is 2. The van der Waals surface area contributed by atoms with E-state index in [1.807, 2.05) is 4.90 Å². The summed E-state index contributed by atoms with van der Waals surface area (Å²) in [5.74, 6) is -0.483. The van der Waals surface area contributed by atoms with Crippen LogP contribution in [0.3, 0.4) is 0 Å². The number of carbonyl (C=O) groups excluding carboxylic acids is 1. The summed E-state index contributed by atoms with van der Waals surface area (Å²) in [7, 11) is 0. The first-order valence-electron chi connectivity index (χ1n) is 14.0. The predicted octanol–water partition coefficient (Wildman–Crippen LogP) is 7.38. The molecule has 0 unspecified atom stereocenters. The summed E-state index contributed by atoms with van der Waals surface area (Å²) in [4.78, 5) is 16.7. The maximum absolute atomic E-state index is 15.7. The third-order valence-electron chi connectivity index (χ3n) is 9.04. The largest absolute Gasteiger partial charge is 0.490 e. The highest BCUT2D eigenvalue weighted by molar-refractivity contribution is 6.31. The third-order valence-corrected chi connectivity index (χ3v) is 9.40. The molecule has 40 heavy (non-hydrogen) atoms. The molecule has 0 bridgehead atoms. The number of carbonyl (C=O) groups is 1. The van der Waals surface area contributed by atoms with Crippen molar-refractivity contribution in [2.45, 2.75) is 69.3 Å². The number of hydrogen-bond acceptors (Lipinski definition) is 3. The van der Waals surface area contributed by atoms with Crippen LogP contribution in [0, 0.1) is 11.2 Å². The van der Waals surface area contributed by atoms with Gasteiger partial charge in [-0.2, -0.15) is 13.2 Å². The van der Waals surface area contributed by atoms with Gasteiger partial charge in [-0.1, -0.05) is 11.6 Å². The lowest BCUT2D eigenvalue weighted by atomic mass is 9.93. The topological polar surface area (TPSA) is 32.8 Å². The monoisotopic (exact) mass is 582 g/mol. The number of halogens is 6. The van der Waals surface area contributed by atoms with Crippen molar-refractivity contribution in [3.8, 4) is 5.75 Å². The first-order valence-corrected chi connectivity index (χ1v) is 14.3. The number of hydrogen-bond donors (Lipinski definition) is 0. The molecule has 2 aliphatic carbocycles. The highest BCUT2D eigenvalue weighted by Crippen LogP contribution is 2.53. The van der Waals surface area contributed by atoms with E-state index in [1.165, 1.54) is 12.1 Å². The summed E-state index contributed by atoms with van der Waals surface area (Å²) >= 11 is 6.14. The number of nitrogens with zero attached hydrogens (tertiary/aromatic N) is 2. The van der Waals surface area contributed by atoms with Crippen LogP contribution in [0.4, 0.5) is 22.0 Å². The quantitative estimate of drug-likeness (QED) is 0.319. The molecule has 2 aromatic carbocycles. The minimum atomic E-state index is -4.47. The second kappa shape index (κ2) is 10.2. The van der Waals surface area contributed by atoms with Crippen molar-refractivity contribution >= 4 is 17.5 Å². The lowest BCUT2D eigenvalue weighted by Gasteiger charge is -2.36. The molecule has 0 atom stereocenters. The summed E-state index contributed by atoms with van der Waals surface area (Å²) in [6.45, 7) is 1.90. The molecule has 1 amide bonds. The van der Waals surface area contributed by atoms with Crippen LogP contribution in [0.2, 0.25) is 5.02 Å². The van der Waals surface area contributed by atoms with E-state index in [0.717, 1.165) is 49.8 Å². The van der Waals surface area contributed by atoms with Gasteiger partial charge in [0, 0.05) is 43.8 Å². The van der Waals surface area contributed by atoms with Gasteiger partial charge in [-0.05, 0) is 91.7 Å². The van der Waals surface area contributed by atoms with Gasteiger partial charge in [0.25, 0.3) is 5.91 Å². The van der Waals surface area contributed by atoms with Gasteiger partial charge in [-0.15, -0.1) is 0 Å². The maximum Gasteiger partial charge on any atom is 0.416 e.